The summed E-state index contributed by atoms with van der Waals surface area (Å²) in [5, 5.41) is 0.774. The van der Waals surface area contributed by atoms with Crippen LogP contribution in [0.3, 0.4) is 0 Å². The normalized spacial score (nSPS) is 19.1. The molecule has 3 rings (SSSR count). The lowest BCUT2D eigenvalue weighted by atomic mass is 9.99. The van der Waals surface area contributed by atoms with Crippen LogP contribution in [0.2, 0.25) is 0 Å². The summed E-state index contributed by atoms with van der Waals surface area (Å²) in [5.41, 5.74) is 1.68. The van der Waals surface area contributed by atoms with Crippen LogP contribution in [0.4, 0.5) is 0 Å². The molecule has 0 amide bonds. The van der Waals surface area contributed by atoms with E-state index in [1.165, 1.54) is 43.4 Å². The number of allylic oxidation sites excluding steroid dienone is 1. The molecule has 2 aliphatic rings. The third kappa shape index (κ3) is 4.63. The van der Waals surface area contributed by atoms with Gasteiger partial charge in [0.1, 0.15) is 0 Å². The molecular weight excluding hydrogens is 372 g/mol. The smallest absolute Gasteiger partial charge is 0.338 e. The highest BCUT2D eigenvalue weighted by Gasteiger charge is 2.24. The molecule has 0 aromatic heterocycles. The van der Waals surface area contributed by atoms with E-state index in [1.54, 1.807) is 0 Å². The molecule has 1 aromatic rings. The number of ether oxygens (including phenoxy) is 1. The molecule has 2 nitrogen and oxygen atoms in total. The maximum Gasteiger partial charge on any atom is 0.338 e. The molecule has 0 radical (unpaired) electrons. The lowest BCUT2D eigenvalue weighted by Gasteiger charge is -2.12. The fourth-order valence-electron chi connectivity index (χ4n) is 2.98. The Morgan fingerprint density at radius 3 is 2.65 bits per heavy atom. The number of hydrogen-bond donors (Lipinski definition) is 0. The van der Waals surface area contributed by atoms with Gasteiger partial charge in [0.05, 0.1) is 12.2 Å². The van der Waals surface area contributed by atoms with Gasteiger partial charge < -0.3 is 4.74 Å². The third-order valence-electron chi connectivity index (χ3n) is 4.36. The molecule has 0 aliphatic heterocycles. The van der Waals surface area contributed by atoms with Gasteiger partial charge in [-0.05, 0) is 72.2 Å². The van der Waals surface area contributed by atoms with Gasteiger partial charge in [-0.3, -0.25) is 0 Å². The number of hydrogen-bond acceptors (Lipinski definition) is 3. The Morgan fingerprint density at radius 1 is 1.30 bits per heavy atom. The zero-order chi connectivity index (χ0) is 16.2. The van der Waals surface area contributed by atoms with Crippen molar-refractivity contribution in [2.24, 2.45) is 5.92 Å². The quantitative estimate of drug-likeness (QED) is 0.447. The van der Waals surface area contributed by atoms with Crippen molar-refractivity contribution in [3.8, 4) is 0 Å². The van der Waals surface area contributed by atoms with E-state index in [-0.39, 0.29) is 5.97 Å². The molecule has 2 fully saturated rings. The first-order valence-corrected chi connectivity index (χ1v) is 10.2. The van der Waals surface area contributed by atoms with E-state index in [4.69, 9.17) is 4.74 Å². The highest BCUT2D eigenvalue weighted by Crippen LogP contribution is 2.42. The molecule has 4 heteroatoms. The predicted molar refractivity (Wildman–Crippen MR) is 99.6 cm³/mol. The van der Waals surface area contributed by atoms with Gasteiger partial charge in [0, 0.05) is 14.6 Å². The van der Waals surface area contributed by atoms with E-state index in [0.29, 0.717) is 12.5 Å². The molecule has 0 unspecified atom stereocenters. The molecule has 2 aliphatic carbocycles. The monoisotopic (exact) mass is 394 g/mol. The fourth-order valence-corrected chi connectivity index (χ4v) is 4.69. The lowest BCUT2D eigenvalue weighted by molar-refractivity contribution is -0.136. The number of carbonyl (C=O) groups excluding carboxylic acids is 1. The molecule has 0 saturated heterocycles. The van der Waals surface area contributed by atoms with Crippen molar-refractivity contribution in [1.82, 2.24) is 0 Å². The molecule has 0 spiro atoms. The summed E-state index contributed by atoms with van der Waals surface area (Å²) in [6.45, 7) is 2.27. The molecule has 124 valence electrons. The molecule has 23 heavy (non-hydrogen) atoms. The van der Waals surface area contributed by atoms with Crippen molar-refractivity contribution in [2.45, 2.75) is 55.6 Å². The van der Waals surface area contributed by atoms with Crippen LogP contribution >= 0.6 is 27.7 Å². The minimum Gasteiger partial charge on any atom is -0.462 e. The van der Waals surface area contributed by atoms with Gasteiger partial charge in [-0.2, -0.15) is 0 Å². The summed E-state index contributed by atoms with van der Waals surface area (Å²) in [6, 6.07) is 6.26. The predicted octanol–water partition coefficient (Wildman–Crippen LogP) is 5.84. The van der Waals surface area contributed by atoms with Gasteiger partial charge >= 0.3 is 5.97 Å². The third-order valence-corrected chi connectivity index (χ3v) is 6.69. The second-order valence-electron chi connectivity index (χ2n) is 6.31. The standard InChI is InChI=1S/C19H23BrO2S/c1-2-22-19(21)16(11-13-5-3-4-6-13)14-7-10-18(17(20)12-14)23-15-8-9-15/h7,10-13,15H,2-6,8-9H2,1H3. The Morgan fingerprint density at radius 2 is 2.04 bits per heavy atom. The van der Waals surface area contributed by atoms with E-state index >= 15 is 0 Å². The van der Waals surface area contributed by atoms with Crippen LogP contribution in [0.15, 0.2) is 33.6 Å². The largest absolute Gasteiger partial charge is 0.462 e. The molecule has 0 atom stereocenters. The van der Waals surface area contributed by atoms with Crippen LogP contribution < -0.4 is 0 Å². The van der Waals surface area contributed by atoms with Gasteiger partial charge in [-0.25, -0.2) is 4.79 Å². The van der Waals surface area contributed by atoms with Crippen LogP contribution in [-0.4, -0.2) is 17.8 Å². The number of rotatable bonds is 6. The summed E-state index contributed by atoms with van der Waals surface area (Å²) in [4.78, 5) is 13.7. The van der Waals surface area contributed by atoms with E-state index in [0.717, 1.165) is 20.9 Å². The number of thioether (sulfide) groups is 1. The first kappa shape index (κ1) is 17.1. The summed E-state index contributed by atoms with van der Waals surface area (Å²) in [7, 11) is 0. The van der Waals surface area contributed by atoms with Crippen molar-refractivity contribution >= 4 is 39.2 Å². The topological polar surface area (TPSA) is 26.3 Å². The zero-order valence-electron chi connectivity index (χ0n) is 13.5. The summed E-state index contributed by atoms with van der Waals surface area (Å²) in [6.07, 6.45) is 9.65. The van der Waals surface area contributed by atoms with Crippen molar-refractivity contribution < 1.29 is 9.53 Å². The molecule has 1 aromatic carbocycles. The first-order chi connectivity index (χ1) is 11.2. The molecule has 0 bridgehead atoms. The number of carbonyl (C=O) groups is 1. The average molecular weight is 395 g/mol. The van der Waals surface area contributed by atoms with Gasteiger partial charge in [-0.1, -0.05) is 25.0 Å². The number of esters is 1. The Kier molecular flexibility index (Phi) is 5.86. The van der Waals surface area contributed by atoms with E-state index in [2.05, 4.69) is 40.2 Å². The summed E-state index contributed by atoms with van der Waals surface area (Å²) in [5.74, 6) is 0.308. The Balaban J connectivity index is 1.85. The summed E-state index contributed by atoms with van der Waals surface area (Å²) < 4.78 is 6.36. The van der Waals surface area contributed by atoms with Gasteiger partial charge in [0.25, 0.3) is 0 Å². The van der Waals surface area contributed by atoms with E-state index < -0.39 is 0 Å². The number of halogens is 1. The van der Waals surface area contributed by atoms with Crippen molar-refractivity contribution in [2.75, 3.05) is 6.61 Å². The average Bonchev–Trinajstić information content (AvgIpc) is 3.20. The highest BCUT2D eigenvalue weighted by atomic mass is 79.9. The van der Waals surface area contributed by atoms with Crippen LogP contribution in [0.25, 0.3) is 5.57 Å². The van der Waals surface area contributed by atoms with Crippen LogP contribution in [-0.2, 0) is 9.53 Å². The lowest BCUT2D eigenvalue weighted by Crippen LogP contribution is -2.08. The Bertz CT molecular complexity index is 601. The van der Waals surface area contributed by atoms with Crippen LogP contribution in [0.1, 0.15) is 51.0 Å². The Labute approximate surface area is 151 Å². The van der Waals surface area contributed by atoms with Gasteiger partial charge in [0.15, 0.2) is 0 Å². The minimum atomic E-state index is -0.200. The Hall–Kier alpha value is -0.740. The van der Waals surface area contributed by atoms with E-state index in [1.807, 2.05) is 18.7 Å². The van der Waals surface area contributed by atoms with Gasteiger partial charge in [-0.15, -0.1) is 11.8 Å². The number of benzene rings is 1. The molecule has 2 saturated carbocycles. The minimum absolute atomic E-state index is 0.200. The highest BCUT2D eigenvalue weighted by molar-refractivity contribution is 9.10. The van der Waals surface area contributed by atoms with E-state index in [9.17, 15) is 4.79 Å². The summed E-state index contributed by atoms with van der Waals surface area (Å²) >= 11 is 5.60. The molecule has 0 N–H and O–H groups in total. The molecular formula is C19H23BrO2S. The van der Waals surface area contributed by atoms with Crippen molar-refractivity contribution in [3.05, 3.63) is 34.3 Å². The SMILES string of the molecule is CCOC(=O)C(=CC1CCCC1)c1ccc(SC2CC2)c(Br)c1. The fraction of sp³-hybridized carbons (Fsp3) is 0.526. The van der Waals surface area contributed by atoms with Crippen molar-refractivity contribution in [3.63, 3.8) is 0 Å². The maximum atomic E-state index is 12.4. The maximum absolute atomic E-state index is 12.4. The zero-order valence-corrected chi connectivity index (χ0v) is 15.9. The second kappa shape index (κ2) is 7.89. The molecule has 0 heterocycles. The van der Waals surface area contributed by atoms with Crippen molar-refractivity contribution in [1.29, 1.82) is 0 Å². The van der Waals surface area contributed by atoms with Gasteiger partial charge in [0.2, 0.25) is 0 Å². The first-order valence-electron chi connectivity index (χ1n) is 8.53. The van der Waals surface area contributed by atoms with Crippen LogP contribution in [0.5, 0.6) is 0 Å². The van der Waals surface area contributed by atoms with Crippen LogP contribution in [0, 0.1) is 5.92 Å². The second-order valence-corrected chi connectivity index (χ2v) is 8.50.